The zero-order chi connectivity index (χ0) is 15.0. The van der Waals surface area contributed by atoms with Crippen molar-refractivity contribution in [2.45, 2.75) is 51.5 Å². The van der Waals surface area contributed by atoms with Crippen LogP contribution in [0.1, 0.15) is 45.6 Å². The van der Waals surface area contributed by atoms with E-state index in [9.17, 15) is 0 Å². The molecule has 1 fully saturated rings. The van der Waals surface area contributed by atoms with Crippen LogP contribution in [0.2, 0.25) is 0 Å². The maximum atomic E-state index is 6.29. The molecule has 0 saturated heterocycles. The molecule has 1 aliphatic rings. The highest BCUT2D eigenvalue weighted by molar-refractivity contribution is 5.45. The van der Waals surface area contributed by atoms with E-state index in [1.165, 1.54) is 5.56 Å². The summed E-state index contributed by atoms with van der Waals surface area (Å²) in [5.41, 5.74) is 7.96. The lowest BCUT2D eigenvalue weighted by atomic mass is 9.60. The first-order valence-electron chi connectivity index (χ1n) is 7.28. The topological polar surface area (TPSA) is 44.5 Å². The molecule has 0 aromatic heterocycles. The Balaban J connectivity index is 2.38. The van der Waals surface area contributed by atoms with E-state index in [1.807, 2.05) is 6.07 Å². The fraction of sp³-hybridized carbons (Fsp3) is 0.647. The first-order valence-corrected chi connectivity index (χ1v) is 7.28. The average molecular weight is 277 g/mol. The summed E-state index contributed by atoms with van der Waals surface area (Å²) in [6, 6.07) is 6.51. The van der Waals surface area contributed by atoms with Crippen LogP contribution in [0.3, 0.4) is 0 Å². The molecule has 1 aliphatic carbocycles. The highest BCUT2D eigenvalue weighted by atomic mass is 16.5. The third kappa shape index (κ3) is 2.93. The number of nitrogens with two attached hydrogens (primary N) is 1. The SMILES string of the molecule is COc1ccc(C2(C)CC(N)CC(C)(C)C2)cc1OC. The number of methoxy groups -OCH3 is 2. The van der Waals surface area contributed by atoms with Gasteiger partial charge in [0.15, 0.2) is 11.5 Å². The molecule has 2 N–H and O–H groups in total. The Hall–Kier alpha value is -1.22. The number of benzene rings is 1. The molecule has 0 radical (unpaired) electrons. The maximum absolute atomic E-state index is 6.29. The number of rotatable bonds is 3. The van der Waals surface area contributed by atoms with Crippen molar-refractivity contribution in [3.8, 4) is 11.5 Å². The van der Waals surface area contributed by atoms with Crippen LogP contribution in [-0.2, 0) is 5.41 Å². The molecule has 3 nitrogen and oxygen atoms in total. The molecule has 0 bridgehead atoms. The van der Waals surface area contributed by atoms with Crippen LogP contribution in [0.25, 0.3) is 0 Å². The quantitative estimate of drug-likeness (QED) is 0.919. The van der Waals surface area contributed by atoms with Crippen molar-refractivity contribution in [2.75, 3.05) is 14.2 Å². The van der Waals surface area contributed by atoms with E-state index < -0.39 is 0 Å². The van der Waals surface area contributed by atoms with E-state index in [2.05, 4.69) is 32.9 Å². The zero-order valence-electron chi connectivity index (χ0n) is 13.3. The van der Waals surface area contributed by atoms with Gasteiger partial charge in [-0.05, 0) is 47.8 Å². The Kier molecular flexibility index (Phi) is 4.01. The molecule has 2 unspecified atom stereocenters. The molecule has 1 aromatic rings. The molecular weight excluding hydrogens is 250 g/mol. The van der Waals surface area contributed by atoms with Gasteiger partial charge in [0.2, 0.25) is 0 Å². The summed E-state index contributed by atoms with van der Waals surface area (Å²) in [5.74, 6) is 1.57. The summed E-state index contributed by atoms with van der Waals surface area (Å²) in [4.78, 5) is 0. The van der Waals surface area contributed by atoms with E-state index in [1.54, 1.807) is 14.2 Å². The van der Waals surface area contributed by atoms with Crippen LogP contribution in [0.4, 0.5) is 0 Å². The third-order valence-corrected chi connectivity index (χ3v) is 4.48. The number of hydrogen-bond donors (Lipinski definition) is 1. The lowest BCUT2D eigenvalue weighted by Gasteiger charge is -2.46. The molecule has 2 atom stereocenters. The maximum Gasteiger partial charge on any atom is 0.161 e. The van der Waals surface area contributed by atoms with Gasteiger partial charge >= 0.3 is 0 Å². The number of hydrogen-bond acceptors (Lipinski definition) is 3. The van der Waals surface area contributed by atoms with E-state index in [0.717, 1.165) is 30.8 Å². The molecule has 1 aromatic carbocycles. The lowest BCUT2D eigenvalue weighted by Crippen LogP contribution is -2.44. The minimum absolute atomic E-state index is 0.0979. The highest BCUT2D eigenvalue weighted by Gasteiger charge is 2.41. The second-order valence-corrected chi connectivity index (χ2v) is 7.14. The fourth-order valence-electron chi connectivity index (χ4n) is 3.99. The number of ether oxygens (including phenoxy) is 2. The van der Waals surface area contributed by atoms with Crippen molar-refractivity contribution in [2.24, 2.45) is 11.1 Å². The third-order valence-electron chi connectivity index (χ3n) is 4.48. The Morgan fingerprint density at radius 2 is 1.70 bits per heavy atom. The van der Waals surface area contributed by atoms with Crippen LogP contribution >= 0.6 is 0 Å². The predicted octanol–water partition coefficient (Wildman–Crippen LogP) is 3.50. The minimum atomic E-state index is 0.0979. The Bertz CT molecular complexity index is 484. The van der Waals surface area contributed by atoms with Gasteiger partial charge in [-0.25, -0.2) is 0 Å². The van der Waals surface area contributed by atoms with Gasteiger partial charge in [-0.2, -0.15) is 0 Å². The molecular formula is C17H27NO2. The van der Waals surface area contributed by atoms with Crippen LogP contribution in [-0.4, -0.2) is 20.3 Å². The minimum Gasteiger partial charge on any atom is -0.493 e. The Morgan fingerprint density at radius 3 is 2.25 bits per heavy atom. The molecule has 0 heterocycles. The largest absolute Gasteiger partial charge is 0.493 e. The Morgan fingerprint density at radius 1 is 1.05 bits per heavy atom. The van der Waals surface area contributed by atoms with Crippen molar-refractivity contribution < 1.29 is 9.47 Å². The monoisotopic (exact) mass is 277 g/mol. The van der Waals surface area contributed by atoms with Gasteiger partial charge < -0.3 is 15.2 Å². The van der Waals surface area contributed by atoms with Gasteiger partial charge in [0.05, 0.1) is 14.2 Å². The lowest BCUT2D eigenvalue weighted by molar-refractivity contribution is 0.140. The first kappa shape index (κ1) is 15.2. The van der Waals surface area contributed by atoms with Crippen LogP contribution < -0.4 is 15.2 Å². The van der Waals surface area contributed by atoms with Crippen molar-refractivity contribution in [3.63, 3.8) is 0 Å². The summed E-state index contributed by atoms with van der Waals surface area (Å²) in [6.07, 6.45) is 3.25. The van der Waals surface area contributed by atoms with Crippen molar-refractivity contribution in [1.82, 2.24) is 0 Å². The van der Waals surface area contributed by atoms with E-state index in [-0.39, 0.29) is 16.9 Å². The average Bonchev–Trinajstić information content (AvgIpc) is 2.34. The molecule has 2 rings (SSSR count). The van der Waals surface area contributed by atoms with Gasteiger partial charge in [0, 0.05) is 6.04 Å². The van der Waals surface area contributed by atoms with Gasteiger partial charge in [0.25, 0.3) is 0 Å². The Labute approximate surface area is 122 Å². The fourth-order valence-corrected chi connectivity index (χ4v) is 3.99. The highest BCUT2D eigenvalue weighted by Crippen LogP contribution is 2.48. The molecule has 3 heteroatoms. The molecule has 1 saturated carbocycles. The van der Waals surface area contributed by atoms with Gasteiger partial charge in [0.1, 0.15) is 0 Å². The first-order chi connectivity index (χ1) is 9.29. The smallest absolute Gasteiger partial charge is 0.161 e. The molecule has 0 aliphatic heterocycles. The van der Waals surface area contributed by atoms with E-state index in [4.69, 9.17) is 15.2 Å². The summed E-state index contributed by atoms with van der Waals surface area (Å²) in [6.45, 7) is 6.94. The molecule has 112 valence electrons. The van der Waals surface area contributed by atoms with Crippen LogP contribution in [0.5, 0.6) is 11.5 Å². The van der Waals surface area contributed by atoms with Gasteiger partial charge in [-0.3, -0.25) is 0 Å². The summed E-state index contributed by atoms with van der Waals surface area (Å²) >= 11 is 0. The summed E-state index contributed by atoms with van der Waals surface area (Å²) in [5, 5.41) is 0. The molecule has 20 heavy (non-hydrogen) atoms. The summed E-state index contributed by atoms with van der Waals surface area (Å²) < 4.78 is 10.8. The second-order valence-electron chi connectivity index (χ2n) is 7.14. The van der Waals surface area contributed by atoms with Gasteiger partial charge in [-0.15, -0.1) is 0 Å². The normalized spacial score (nSPS) is 29.0. The second kappa shape index (κ2) is 5.28. The van der Waals surface area contributed by atoms with Gasteiger partial charge in [-0.1, -0.05) is 26.8 Å². The summed E-state index contributed by atoms with van der Waals surface area (Å²) in [7, 11) is 3.35. The molecule has 0 spiro atoms. The predicted molar refractivity (Wildman–Crippen MR) is 82.5 cm³/mol. The van der Waals surface area contributed by atoms with Crippen molar-refractivity contribution in [1.29, 1.82) is 0 Å². The van der Waals surface area contributed by atoms with Crippen LogP contribution in [0, 0.1) is 5.41 Å². The zero-order valence-corrected chi connectivity index (χ0v) is 13.3. The van der Waals surface area contributed by atoms with E-state index in [0.29, 0.717) is 0 Å². The van der Waals surface area contributed by atoms with Crippen molar-refractivity contribution in [3.05, 3.63) is 23.8 Å². The standard InChI is InChI=1S/C17H27NO2/c1-16(2)9-13(18)10-17(3,11-16)12-6-7-14(19-4)15(8-12)20-5/h6-8,13H,9-11,18H2,1-5H3. The van der Waals surface area contributed by atoms with Crippen molar-refractivity contribution >= 4 is 0 Å². The van der Waals surface area contributed by atoms with E-state index >= 15 is 0 Å². The molecule has 0 amide bonds. The van der Waals surface area contributed by atoms with Crippen LogP contribution in [0.15, 0.2) is 18.2 Å².